The van der Waals surface area contributed by atoms with Crippen molar-refractivity contribution in [3.05, 3.63) is 47.8 Å². The Hall–Kier alpha value is -1.11. The molecule has 2 aliphatic carbocycles. The molecule has 26 heavy (non-hydrogen) atoms. The second-order valence-corrected chi connectivity index (χ2v) is 8.89. The van der Waals surface area contributed by atoms with Gasteiger partial charge in [-0.1, -0.05) is 56.5 Å². The molecule has 2 aliphatic rings. The molecule has 0 spiro atoms. The number of rotatable bonds is 7. The molecule has 0 radical (unpaired) electrons. The van der Waals surface area contributed by atoms with Crippen LogP contribution in [0.15, 0.2) is 36.7 Å². The molecule has 0 N–H and O–H groups in total. The van der Waals surface area contributed by atoms with E-state index in [9.17, 15) is 4.39 Å². The van der Waals surface area contributed by atoms with Crippen LogP contribution in [0.1, 0.15) is 94.6 Å². The van der Waals surface area contributed by atoms with Crippen LogP contribution in [0, 0.1) is 17.8 Å². The summed E-state index contributed by atoms with van der Waals surface area (Å²) in [5.41, 5.74) is 3.06. The van der Waals surface area contributed by atoms with Gasteiger partial charge >= 0.3 is 0 Å². The lowest BCUT2D eigenvalue weighted by Gasteiger charge is -2.31. The molecule has 1 aromatic rings. The predicted octanol–water partition coefficient (Wildman–Crippen LogP) is 7.98. The van der Waals surface area contributed by atoms with Gasteiger partial charge in [0.15, 0.2) is 0 Å². The van der Waals surface area contributed by atoms with Gasteiger partial charge in [-0.25, -0.2) is 4.39 Å². The smallest absolute Gasteiger partial charge is 0.0829 e. The zero-order valence-electron chi connectivity index (χ0n) is 16.6. The Morgan fingerprint density at radius 1 is 0.846 bits per heavy atom. The molecule has 0 aromatic heterocycles. The second-order valence-electron chi connectivity index (χ2n) is 8.89. The first-order valence-corrected chi connectivity index (χ1v) is 11.1. The standard InChI is InChI=1S/C25H37F/c1-2-3-20-10-14-24(15-11-20)25-16-12-22(13-17-25)5-4-21-6-8-23(9-7-21)18-19-26/h10-11,14-15,18-19,21-23,25H,2-9,12-13,16-17H2,1H3. The van der Waals surface area contributed by atoms with E-state index in [4.69, 9.17) is 0 Å². The van der Waals surface area contributed by atoms with Crippen molar-refractivity contribution in [3.63, 3.8) is 0 Å². The van der Waals surface area contributed by atoms with Crippen molar-refractivity contribution < 1.29 is 4.39 Å². The van der Waals surface area contributed by atoms with E-state index in [1.54, 1.807) is 11.6 Å². The SMILES string of the molecule is CCCc1ccc(C2CCC(CCC3CCC(C=CF)CC3)CC2)cc1. The first-order chi connectivity index (χ1) is 12.8. The van der Waals surface area contributed by atoms with Crippen LogP contribution in [0.2, 0.25) is 0 Å². The van der Waals surface area contributed by atoms with Crippen LogP contribution in [0.3, 0.4) is 0 Å². The highest BCUT2D eigenvalue weighted by molar-refractivity contribution is 5.25. The molecule has 144 valence electrons. The third-order valence-electron chi connectivity index (χ3n) is 7.06. The summed E-state index contributed by atoms with van der Waals surface area (Å²) in [5.74, 6) is 3.16. The summed E-state index contributed by atoms with van der Waals surface area (Å²) in [5, 5.41) is 0. The molecule has 3 rings (SSSR count). The Morgan fingerprint density at radius 3 is 1.96 bits per heavy atom. The predicted molar refractivity (Wildman–Crippen MR) is 110 cm³/mol. The maximum Gasteiger partial charge on any atom is 0.0829 e. The Morgan fingerprint density at radius 2 is 1.42 bits per heavy atom. The van der Waals surface area contributed by atoms with Gasteiger partial charge in [0.05, 0.1) is 6.33 Å². The minimum Gasteiger partial charge on any atom is -0.216 e. The van der Waals surface area contributed by atoms with Crippen LogP contribution in [-0.4, -0.2) is 0 Å². The number of aryl methyl sites for hydroxylation is 1. The van der Waals surface area contributed by atoms with E-state index in [1.165, 1.54) is 82.6 Å². The van der Waals surface area contributed by atoms with Gasteiger partial charge in [-0.05, 0) is 92.6 Å². The number of hydrogen-bond donors (Lipinski definition) is 0. The van der Waals surface area contributed by atoms with Crippen LogP contribution < -0.4 is 0 Å². The molecule has 2 saturated carbocycles. The summed E-state index contributed by atoms with van der Waals surface area (Å²) >= 11 is 0. The van der Waals surface area contributed by atoms with Gasteiger partial charge < -0.3 is 0 Å². The van der Waals surface area contributed by atoms with Gasteiger partial charge in [0.1, 0.15) is 0 Å². The van der Waals surface area contributed by atoms with Gasteiger partial charge in [0.25, 0.3) is 0 Å². The highest BCUT2D eigenvalue weighted by Gasteiger charge is 2.24. The topological polar surface area (TPSA) is 0 Å². The number of allylic oxidation sites excluding steroid dienone is 1. The number of benzene rings is 1. The average molecular weight is 357 g/mol. The van der Waals surface area contributed by atoms with Crippen LogP contribution in [0.4, 0.5) is 4.39 Å². The molecule has 0 aliphatic heterocycles. The van der Waals surface area contributed by atoms with E-state index in [0.717, 1.165) is 24.1 Å². The molecule has 1 heteroatoms. The monoisotopic (exact) mass is 356 g/mol. The van der Waals surface area contributed by atoms with E-state index in [0.29, 0.717) is 5.92 Å². The van der Waals surface area contributed by atoms with Crippen molar-refractivity contribution in [1.29, 1.82) is 0 Å². The van der Waals surface area contributed by atoms with E-state index < -0.39 is 0 Å². The van der Waals surface area contributed by atoms with Crippen molar-refractivity contribution in [2.24, 2.45) is 17.8 Å². The van der Waals surface area contributed by atoms with Crippen LogP contribution >= 0.6 is 0 Å². The summed E-state index contributed by atoms with van der Waals surface area (Å²) in [6.07, 6.45) is 18.4. The highest BCUT2D eigenvalue weighted by atomic mass is 19.1. The first kappa shape index (κ1) is 19.6. The first-order valence-electron chi connectivity index (χ1n) is 11.1. The zero-order chi connectivity index (χ0) is 18.2. The molecule has 1 aromatic carbocycles. The van der Waals surface area contributed by atoms with Crippen molar-refractivity contribution in [2.75, 3.05) is 0 Å². The van der Waals surface area contributed by atoms with Crippen LogP contribution in [-0.2, 0) is 6.42 Å². The van der Waals surface area contributed by atoms with Crippen molar-refractivity contribution in [1.82, 2.24) is 0 Å². The largest absolute Gasteiger partial charge is 0.216 e. The fraction of sp³-hybridized carbons (Fsp3) is 0.680. The van der Waals surface area contributed by atoms with Crippen LogP contribution in [0.5, 0.6) is 0 Å². The average Bonchev–Trinajstić information content (AvgIpc) is 2.69. The Kier molecular flexibility index (Phi) is 7.77. The summed E-state index contributed by atoms with van der Waals surface area (Å²) in [7, 11) is 0. The molecule has 0 unspecified atom stereocenters. The van der Waals surface area contributed by atoms with Gasteiger partial charge in [0, 0.05) is 0 Å². The van der Waals surface area contributed by atoms with E-state index in [2.05, 4.69) is 31.2 Å². The van der Waals surface area contributed by atoms with Gasteiger partial charge in [-0.15, -0.1) is 0 Å². The van der Waals surface area contributed by atoms with E-state index in [1.807, 2.05) is 0 Å². The van der Waals surface area contributed by atoms with Gasteiger partial charge in [-0.3, -0.25) is 0 Å². The third kappa shape index (κ3) is 5.69. The maximum absolute atomic E-state index is 12.3. The van der Waals surface area contributed by atoms with E-state index >= 15 is 0 Å². The molecule has 0 saturated heterocycles. The molecule has 0 atom stereocenters. The Bertz CT molecular complexity index is 528. The van der Waals surface area contributed by atoms with Crippen molar-refractivity contribution >= 4 is 0 Å². The zero-order valence-corrected chi connectivity index (χ0v) is 16.6. The molecular weight excluding hydrogens is 319 g/mol. The molecule has 0 bridgehead atoms. The van der Waals surface area contributed by atoms with Crippen molar-refractivity contribution in [2.45, 2.75) is 89.9 Å². The molecule has 0 heterocycles. The Balaban J connectivity index is 1.36. The fourth-order valence-electron chi connectivity index (χ4n) is 5.27. The fourth-order valence-corrected chi connectivity index (χ4v) is 5.27. The molecule has 0 nitrogen and oxygen atoms in total. The lowest BCUT2D eigenvalue weighted by Crippen LogP contribution is -2.17. The molecular formula is C25H37F. The minimum atomic E-state index is 0.510. The van der Waals surface area contributed by atoms with E-state index in [-0.39, 0.29) is 0 Å². The van der Waals surface area contributed by atoms with Crippen LogP contribution in [0.25, 0.3) is 0 Å². The number of hydrogen-bond acceptors (Lipinski definition) is 0. The van der Waals surface area contributed by atoms with Gasteiger partial charge in [0.2, 0.25) is 0 Å². The lowest BCUT2D eigenvalue weighted by atomic mass is 9.74. The second kappa shape index (κ2) is 10.3. The lowest BCUT2D eigenvalue weighted by molar-refractivity contribution is 0.245. The molecule has 2 fully saturated rings. The van der Waals surface area contributed by atoms with Gasteiger partial charge in [-0.2, -0.15) is 0 Å². The summed E-state index contributed by atoms with van der Waals surface area (Å²) in [6.45, 7) is 2.25. The minimum absolute atomic E-state index is 0.510. The Labute approximate surface area is 160 Å². The maximum atomic E-state index is 12.3. The summed E-state index contributed by atoms with van der Waals surface area (Å²) in [4.78, 5) is 0. The summed E-state index contributed by atoms with van der Waals surface area (Å²) in [6, 6.07) is 9.47. The normalized spacial score (nSPS) is 29.9. The van der Waals surface area contributed by atoms with Crippen molar-refractivity contribution in [3.8, 4) is 0 Å². The molecule has 0 amide bonds. The third-order valence-corrected chi connectivity index (χ3v) is 7.06. The summed E-state index contributed by atoms with van der Waals surface area (Å²) < 4.78 is 12.3. The quantitative estimate of drug-likeness (QED) is 0.464. The number of halogens is 1. The highest BCUT2D eigenvalue weighted by Crippen LogP contribution is 2.40.